The number of nitrogens with one attached hydrogen (secondary N) is 1. The van der Waals surface area contributed by atoms with Crippen LogP contribution in [0.4, 0.5) is 14.6 Å². The smallest absolute Gasteiger partial charge is 0.270 e. The Morgan fingerprint density at radius 3 is 2.77 bits per heavy atom. The molecule has 1 amide bonds. The molecule has 30 heavy (non-hydrogen) atoms. The normalized spacial score (nSPS) is 17.8. The summed E-state index contributed by atoms with van der Waals surface area (Å²) in [5.74, 6) is -1.76. The van der Waals surface area contributed by atoms with E-state index < -0.39 is 17.7 Å². The van der Waals surface area contributed by atoms with Crippen LogP contribution in [0.5, 0.6) is 0 Å². The number of benzene rings is 1. The number of carbonyl (C=O) groups is 1. The Morgan fingerprint density at radius 2 is 1.97 bits per heavy atom. The van der Waals surface area contributed by atoms with Crippen molar-refractivity contribution in [3.63, 3.8) is 0 Å². The van der Waals surface area contributed by atoms with Gasteiger partial charge in [0.2, 0.25) is 0 Å². The van der Waals surface area contributed by atoms with Gasteiger partial charge in [-0.15, -0.1) is 0 Å². The summed E-state index contributed by atoms with van der Waals surface area (Å²) >= 11 is 0. The number of anilines is 1. The van der Waals surface area contributed by atoms with Crippen LogP contribution in [0.25, 0.3) is 11.0 Å². The molecule has 4 heterocycles. The van der Waals surface area contributed by atoms with Crippen LogP contribution in [0, 0.1) is 11.6 Å². The highest BCUT2D eigenvalue weighted by molar-refractivity contribution is 5.98. The van der Waals surface area contributed by atoms with Gasteiger partial charge in [0.05, 0.1) is 43.5 Å². The number of ether oxygens (including phenoxy) is 2. The lowest BCUT2D eigenvalue weighted by atomic mass is 9.97. The van der Waals surface area contributed by atoms with Gasteiger partial charge in [-0.2, -0.15) is 0 Å². The largest absolute Gasteiger partial charge is 0.383 e. The molecule has 1 atom stereocenters. The van der Waals surface area contributed by atoms with Gasteiger partial charge in [-0.3, -0.25) is 4.79 Å². The number of likely N-dealkylation sites (N-methyl/N-ethyl adjacent to an activating group) is 1. The average Bonchev–Trinajstić information content (AvgIpc) is 3.37. The Balaban J connectivity index is 1.54. The van der Waals surface area contributed by atoms with Gasteiger partial charge in [0, 0.05) is 17.7 Å². The van der Waals surface area contributed by atoms with Crippen molar-refractivity contribution in [3.05, 3.63) is 57.8 Å². The number of H-pyrrole nitrogens is 1. The third kappa shape index (κ3) is 2.85. The molecule has 0 saturated carbocycles. The summed E-state index contributed by atoms with van der Waals surface area (Å²) in [6.07, 6.45) is 0. The van der Waals surface area contributed by atoms with Crippen LogP contribution in [-0.2, 0) is 29.3 Å². The monoisotopic (exact) mass is 414 g/mol. The first-order valence-electron chi connectivity index (χ1n) is 9.72. The van der Waals surface area contributed by atoms with Crippen LogP contribution in [0.1, 0.15) is 45.7 Å². The van der Waals surface area contributed by atoms with Crippen molar-refractivity contribution in [2.75, 3.05) is 18.9 Å². The number of rotatable bonds is 3. The van der Waals surface area contributed by atoms with E-state index in [2.05, 4.69) is 9.97 Å². The molecule has 2 aliphatic rings. The molecular weight excluding hydrogens is 394 g/mol. The van der Waals surface area contributed by atoms with Gasteiger partial charge in [0.1, 0.15) is 11.5 Å². The molecule has 2 aliphatic heterocycles. The van der Waals surface area contributed by atoms with Gasteiger partial charge in [-0.1, -0.05) is 0 Å². The number of halogens is 2. The molecule has 0 radical (unpaired) electrons. The lowest BCUT2D eigenvalue weighted by molar-refractivity contribution is 0.0279. The number of amides is 1. The highest BCUT2D eigenvalue weighted by Gasteiger charge is 2.32. The van der Waals surface area contributed by atoms with Crippen LogP contribution in [0.3, 0.4) is 0 Å². The Labute approximate surface area is 170 Å². The minimum atomic E-state index is -0.940. The van der Waals surface area contributed by atoms with Crippen molar-refractivity contribution in [2.45, 2.75) is 32.8 Å². The Kier molecular flexibility index (Phi) is 4.44. The van der Waals surface area contributed by atoms with E-state index in [9.17, 15) is 13.6 Å². The molecule has 0 unspecified atom stereocenters. The van der Waals surface area contributed by atoms with E-state index in [4.69, 9.17) is 15.2 Å². The number of hydrogen-bond donors (Lipinski definition) is 2. The minimum absolute atomic E-state index is 0.177. The van der Waals surface area contributed by atoms with Crippen LogP contribution >= 0.6 is 0 Å². The van der Waals surface area contributed by atoms with Gasteiger partial charge in [0.15, 0.2) is 11.6 Å². The summed E-state index contributed by atoms with van der Waals surface area (Å²) in [5.41, 5.74) is 10.5. The molecule has 1 aromatic carbocycles. The highest BCUT2D eigenvalue weighted by atomic mass is 19.2. The fraction of sp³-hybridized carbons (Fsp3) is 0.333. The molecule has 3 N–H and O–H groups in total. The average molecular weight is 414 g/mol. The molecule has 0 spiro atoms. The SMILES string of the molecule is CCN(C(=O)c1cc2nc(N)c3c(c2[nH]1)COC3)[C@@H]1COCc2cc(F)c(F)cc21. The van der Waals surface area contributed by atoms with Crippen molar-refractivity contribution >= 4 is 22.8 Å². The Hall–Kier alpha value is -3.04. The van der Waals surface area contributed by atoms with E-state index in [0.29, 0.717) is 47.9 Å². The molecule has 5 rings (SSSR count). The standard InChI is InChI=1S/C21H20F2N4O3/c1-2-27(18-9-29-6-10-3-14(22)15(23)4-11(10)18)21(28)17-5-16-19(25-17)12-7-30-8-13(12)20(24)26-16/h3-5,18,25H,2,6-9H2,1H3,(H2,24,26)/t18-/m1/s1. The molecule has 0 bridgehead atoms. The number of fused-ring (bicyclic) bond motifs is 4. The second-order valence-corrected chi connectivity index (χ2v) is 7.48. The molecule has 0 aliphatic carbocycles. The summed E-state index contributed by atoms with van der Waals surface area (Å²) in [5, 5.41) is 0. The topological polar surface area (TPSA) is 93.5 Å². The lowest BCUT2D eigenvalue weighted by Crippen LogP contribution is -2.39. The molecule has 7 nitrogen and oxygen atoms in total. The maximum absolute atomic E-state index is 13.9. The molecule has 0 saturated heterocycles. The molecule has 156 valence electrons. The predicted octanol–water partition coefficient (Wildman–Crippen LogP) is 3.19. The number of pyridine rings is 1. The van der Waals surface area contributed by atoms with Gasteiger partial charge in [-0.25, -0.2) is 13.8 Å². The fourth-order valence-electron chi connectivity index (χ4n) is 4.28. The first-order chi connectivity index (χ1) is 14.5. The van der Waals surface area contributed by atoms with E-state index in [0.717, 1.165) is 28.8 Å². The summed E-state index contributed by atoms with van der Waals surface area (Å²) in [6, 6.07) is 3.42. The zero-order chi connectivity index (χ0) is 21.0. The maximum Gasteiger partial charge on any atom is 0.270 e. The second kappa shape index (κ2) is 7.03. The zero-order valence-electron chi connectivity index (χ0n) is 16.3. The number of nitrogens with two attached hydrogens (primary N) is 1. The second-order valence-electron chi connectivity index (χ2n) is 7.48. The summed E-state index contributed by atoms with van der Waals surface area (Å²) in [7, 11) is 0. The quantitative estimate of drug-likeness (QED) is 0.687. The summed E-state index contributed by atoms with van der Waals surface area (Å²) in [4.78, 5) is 22.5. The number of nitrogens with zero attached hydrogens (tertiary/aromatic N) is 2. The zero-order valence-corrected chi connectivity index (χ0v) is 16.3. The summed E-state index contributed by atoms with van der Waals surface area (Å²) < 4.78 is 38.6. The van der Waals surface area contributed by atoms with Crippen LogP contribution < -0.4 is 5.73 Å². The van der Waals surface area contributed by atoms with Gasteiger partial charge in [0.25, 0.3) is 5.91 Å². The van der Waals surface area contributed by atoms with E-state index in [-0.39, 0.29) is 19.1 Å². The third-order valence-electron chi connectivity index (χ3n) is 5.79. The Morgan fingerprint density at radius 1 is 1.20 bits per heavy atom. The number of aromatic amines is 1. The molecule has 3 aromatic rings. The van der Waals surface area contributed by atoms with E-state index in [1.807, 2.05) is 6.92 Å². The lowest BCUT2D eigenvalue weighted by Gasteiger charge is -2.35. The van der Waals surface area contributed by atoms with E-state index >= 15 is 0 Å². The number of hydrogen-bond acceptors (Lipinski definition) is 5. The van der Waals surface area contributed by atoms with Crippen molar-refractivity contribution in [3.8, 4) is 0 Å². The number of nitrogen functional groups attached to an aromatic ring is 1. The van der Waals surface area contributed by atoms with Crippen molar-refractivity contribution in [1.82, 2.24) is 14.9 Å². The first kappa shape index (κ1) is 19.0. The van der Waals surface area contributed by atoms with Crippen molar-refractivity contribution in [2.24, 2.45) is 0 Å². The maximum atomic E-state index is 13.9. The van der Waals surface area contributed by atoms with Gasteiger partial charge in [-0.05, 0) is 36.2 Å². The highest BCUT2D eigenvalue weighted by Crippen LogP contribution is 2.34. The molecule has 9 heteroatoms. The Bertz CT molecular complexity index is 1180. The van der Waals surface area contributed by atoms with Gasteiger partial charge < -0.3 is 25.1 Å². The molecule has 0 fully saturated rings. The van der Waals surface area contributed by atoms with Crippen molar-refractivity contribution in [1.29, 1.82) is 0 Å². The van der Waals surface area contributed by atoms with Crippen LogP contribution in [0.2, 0.25) is 0 Å². The minimum Gasteiger partial charge on any atom is -0.383 e. The first-order valence-corrected chi connectivity index (χ1v) is 9.72. The fourth-order valence-corrected chi connectivity index (χ4v) is 4.28. The van der Waals surface area contributed by atoms with Crippen LogP contribution in [-0.4, -0.2) is 33.9 Å². The van der Waals surface area contributed by atoms with E-state index in [1.54, 1.807) is 11.0 Å². The number of aromatic nitrogens is 2. The van der Waals surface area contributed by atoms with Gasteiger partial charge >= 0.3 is 0 Å². The number of carbonyl (C=O) groups excluding carboxylic acids is 1. The predicted molar refractivity (Wildman–Crippen MR) is 104 cm³/mol. The third-order valence-corrected chi connectivity index (χ3v) is 5.79. The molecular formula is C21H20F2N4O3. The van der Waals surface area contributed by atoms with E-state index in [1.165, 1.54) is 0 Å². The van der Waals surface area contributed by atoms with Crippen LogP contribution in [0.15, 0.2) is 18.2 Å². The van der Waals surface area contributed by atoms with Crippen molar-refractivity contribution < 1.29 is 23.0 Å². The summed E-state index contributed by atoms with van der Waals surface area (Å²) in [6.45, 7) is 3.36. The molecule has 2 aromatic heterocycles.